The van der Waals surface area contributed by atoms with Crippen LogP contribution in [-0.4, -0.2) is 16.1 Å². The van der Waals surface area contributed by atoms with Gasteiger partial charge in [-0.2, -0.15) is 0 Å². The summed E-state index contributed by atoms with van der Waals surface area (Å²) in [6.07, 6.45) is 0. The van der Waals surface area contributed by atoms with Crippen LogP contribution in [0.1, 0.15) is 10.4 Å². The highest BCUT2D eigenvalue weighted by atomic mass is 16.2. The topological polar surface area (TPSA) is 119 Å². The average molecular weight is 218 g/mol. The molecule has 7 nitrogen and oxygen atoms in total. The zero-order valence-electron chi connectivity index (χ0n) is 7.90. The van der Waals surface area contributed by atoms with Crippen LogP contribution < -0.4 is 11.1 Å². The van der Waals surface area contributed by atoms with Gasteiger partial charge in [-0.3, -0.25) is 24.6 Å². The van der Waals surface area contributed by atoms with Gasteiger partial charge in [-0.05, 0) is 18.2 Å². The Morgan fingerprint density at radius 2 is 1.75 bits per heavy atom. The highest BCUT2D eigenvalue weighted by molar-refractivity contribution is 5.98. The van der Waals surface area contributed by atoms with Gasteiger partial charge in [0.1, 0.15) is 0 Å². The third-order valence-electron chi connectivity index (χ3n) is 2.15. The van der Waals surface area contributed by atoms with Crippen LogP contribution in [0.3, 0.4) is 0 Å². The summed E-state index contributed by atoms with van der Waals surface area (Å²) in [6.45, 7) is 0. The van der Waals surface area contributed by atoms with E-state index in [0.717, 1.165) is 0 Å². The lowest BCUT2D eigenvalue weighted by atomic mass is 10.1. The highest BCUT2D eigenvalue weighted by Crippen LogP contribution is 2.09. The van der Waals surface area contributed by atoms with Crippen LogP contribution in [0.25, 0.3) is 10.8 Å². The second kappa shape index (κ2) is 3.54. The monoisotopic (exact) mass is 218 g/mol. The first-order valence-electron chi connectivity index (χ1n) is 4.30. The van der Waals surface area contributed by atoms with Crippen LogP contribution >= 0.6 is 0 Å². The number of aromatic amines is 2. The molecule has 2 rings (SSSR count). The lowest BCUT2D eigenvalue weighted by Gasteiger charge is -1.97. The first-order chi connectivity index (χ1) is 7.63. The summed E-state index contributed by atoms with van der Waals surface area (Å²) in [5.74, 6) is -0.762. The van der Waals surface area contributed by atoms with E-state index in [2.05, 4.69) is 15.3 Å². The van der Waals surface area contributed by atoms with E-state index in [-0.39, 0.29) is 16.3 Å². The predicted molar refractivity (Wildman–Crippen MR) is 54.7 cm³/mol. The van der Waals surface area contributed by atoms with Crippen molar-refractivity contribution in [1.29, 1.82) is 5.53 Å². The van der Waals surface area contributed by atoms with Gasteiger partial charge in [0.25, 0.3) is 17.0 Å². The fraction of sp³-hybridized carbons (Fsp3) is 0. The maximum absolute atomic E-state index is 11.4. The van der Waals surface area contributed by atoms with Crippen molar-refractivity contribution < 1.29 is 4.79 Å². The molecule has 1 aromatic carbocycles. The van der Waals surface area contributed by atoms with Crippen molar-refractivity contribution in [2.75, 3.05) is 0 Å². The van der Waals surface area contributed by atoms with Crippen molar-refractivity contribution in [2.45, 2.75) is 0 Å². The quantitative estimate of drug-likeness (QED) is 0.600. The van der Waals surface area contributed by atoms with Crippen molar-refractivity contribution in [2.24, 2.45) is 5.11 Å². The number of amides is 1. The number of fused-ring (bicyclic) bond motifs is 1. The number of hydrogen-bond acceptors (Lipinski definition) is 4. The minimum absolute atomic E-state index is 0.0956. The summed E-state index contributed by atoms with van der Waals surface area (Å²) in [5, 5.41) is 7.32. The number of benzene rings is 1. The second-order valence-electron chi connectivity index (χ2n) is 3.09. The zero-order valence-corrected chi connectivity index (χ0v) is 7.90. The summed E-state index contributed by atoms with van der Waals surface area (Å²) in [6, 6.07) is 3.93. The lowest BCUT2D eigenvalue weighted by molar-refractivity contribution is 0.0991. The van der Waals surface area contributed by atoms with Gasteiger partial charge in [0.15, 0.2) is 0 Å². The fourth-order valence-corrected chi connectivity index (χ4v) is 1.38. The van der Waals surface area contributed by atoms with Gasteiger partial charge in [-0.25, -0.2) is 5.53 Å². The number of aromatic nitrogens is 2. The van der Waals surface area contributed by atoms with E-state index in [1.807, 2.05) is 0 Å². The molecule has 1 amide bonds. The van der Waals surface area contributed by atoms with Crippen LogP contribution in [0.5, 0.6) is 0 Å². The second-order valence-corrected chi connectivity index (χ2v) is 3.09. The molecule has 0 aliphatic carbocycles. The Morgan fingerprint density at radius 1 is 1.12 bits per heavy atom. The van der Waals surface area contributed by atoms with Crippen LogP contribution in [-0.2, 0) is 0 Å². The molecule has 16 heavy (non-hydrogen) atoms. The van der Waals surface area contributed by atoms with E-state index >= 15 is 0 Å². The molecule has 0 atom stereocenters. The molecule has 2 aromatic rings. The summed E-state index contributed by atoms with van der Waals surface area (Å²) in [5.41, 5.74) is 5.71. The standard InChI is InChI=1S/C9H6N4O3/c10-11-7(14)4-1-2-5-6(3-4)9(16)13-12-8(5)15/h1-3,10H,(H,12,15)(H,13,16). The first-order valence-corrected chi connectivity index (χ1v) is 4.30. The summed E-state index contributed by atoms with van der Waals surface area (Å²) in [4.78, 5) is 33.8. The molecule has 0 saturated heterocycles. The van der Waals surface area contributed by atoms with Crippen molar-refractivity contribution in [1.82, 2.24) is 10.2 Å². The number of H-pyrrole nitrogens is 2. The first kappa shape index (κ1) is 9.97. The highest BCUT2D eigenvalue weighted by Gasteiger charge is 2.08. The maximum atomic E-state index is 11.4. The molecule has 7 heteroatoms. The number of nitrogens with one attached hydrogen (secondary N) is 3. The fourth-order valence-electron chi connectivity index (χ4n) is 1.38. The van der Waals surface area contributed by atoms with Crippen LogP contribution in [0, 0.1) is 5.53 Å². The molecular weight excluding hydrogens is 212 g/mol. The molecule has 80 valence electrons. The largest absolute Gasteiger partial charge is 0.294 e. The Bertz CT molecular complexity index is 698. The van der Waals surface area contributed by atoms with E-state index in [4.69, 9.17) is 5.53 Å². The van der Waals surface area contributed by atoms with Gasteiger partial charge in [-0.1, -0.05) is 0 Å². The van der Waals surface area contributed by atoms with Gasteiger partial charge in [0, 0.05) is 5.56 Å². The Labute approximate surface area is 87.6 Å². The van der Waals surface area contributed by atoms with Gasteiger partial charge in [0.05, 0.1) is 10.8 Å². The molecular formula is C9H6N4O3. The third kappa shape index (κ3) is 1.44. The normalized spacial score (nSPS) is 10.2. The Hall–Kier alpha value is -2.57. The predicted octanol–water partition coefficient (Wildman–Crippen LogP) is 0.388. The van der Waals surface area contributed by atoms with Gasteiger partial charge >= 0.3 is 0 Å². The third-order valence-corrected chi connectivity index (χ3v) is 2.15. The number of rotatable bonds is 1. The van der Waals surface area contributed by atoms with Crippen LogP contribution in [0.4, 0.5) is 0 Å². The molecule has 0 radical (unpaired) electrons. The Kier molecular flexibility index (Phi) is 2.20. The van der Waals surface area contributed by atoms with Gasteiger partial charge in [0.2, 0.25) is 0 Å². The minimum atomic E-state index is -0.762. The van der Waals surface area contributed by atoms with E-state index in [0.29, 0.717) is 0 Å². The maximum Gasteiger partial charge on any atom is 0.294 e. The van der Waals surface area contributed by atoms with Crippen molar-refractivity contribution >= 4 is 16.7 Å². The number of nitrogens with zero attached hydrogens (tertiary/aromatic N) is 1. The van der Waals surface area contributed by atoms with E-state index in [1.54, 1.807) is 0 Å². The van der Waals surface area contributed by atoms with Crippen molar-refractivity contribution in [3.8, 4) is 0 Å². The molecule has 0 unspecified atom stereocenters. The molecule has 0 spiro atoms. The Balaban J connectivity index is 2.86. The van der Waals surface area contributed by atoms with E-state index < -0.39 is 17.0 Å². The summed E-state index contributed by atoms with van der Waals surface area (Å²) < 4.78 is 0. The molecule has 1 aromatic heterocycles. The average Bonchev–Trinajstić information content (AvgIpc) is 2.32. The molecule has 0 fully saturated rings. The van der Waals surface area contributed by atoms with Gasteiger partial charge < -0.3 is 0 Å². The lowest BCUT2D eigenvalue weighted by Crippen LogP contribution is -2.19. The molecule has 0 bridgehead atoms. The van der Waals surface area contributed by atoms with Crippen LogP contribution in [0.15, 0.2) is 32.9 Å². The smallest absolute Gasteiger partial charge is 0.267 e. The zero-order chi connectivity index (χ0) is 11.7. The van der Waals surface area contributed by atoms with Crippen molar-refractivity contribution in [3.63, 3.8) is 0 Å². The van der Waals surface area contributed by atoms with E-state index in [1.165, 1.54) is 18.2 Å². The van der Waals surface area contributed by atoms with Crippen LogP contribution in [0.2, 0.25) is 0 Å². The summed E-state index contributed by atoms with van der Waals surface area (Å²) in [7, 11) is 0. The number of hydrogen-bond donors (Lipinski definition) is 3. The molecule has 1 heterocycles. The molecule has 0 aliphatic heterocycles. The Morgan fingerprint density at radius 3 is 2.38 bits per heavy atom. The number of carbonyl (C=O) groups is 1. The van der Waals surface area contributed by atoms with Crippen molar-refractivity contribution in [3.05, 3.63) is 44.5 Å². The van der Waals surface area contributed by atoms with E-state index in [9.17, 15) is 14.4 Å². The number of carbonyl (C=O) groups excluding carboxylic acids is 1. The molecule has 0 aliphatic rings. The molecule has 3 N–H and O–H groups in total. The van der Waals surface area contributed by atoms with Gasteiger partial charge in [-0.15, -0.1) is 5.11 Å². The molecule has 0 saturated carbocycles. The SMILES string of the molecule is N=NC(=O)c1ccc2c(=O)[nH][nH]c(=O)c2c1. The minimum Gasteiger partial charge on any atom is -0.267 e. The summed E-state index contributed by atoms with van der Waals surface area (Å²) >= 11 is 0.